The van der Waals surface area contributed by atoms with Crippen LogP contribution in [0.25, 0.3) is 0 Å². The molecule has 0 amide bonds. The van der Waals surface area contributed by atoms with Gasteiger partial charge in [-0.15, -0.1) is 0 Å². The van der Waals surface area contributed by atoms with Gasteiger partial charge in [0.15, 0.2) is 0 Å². The van der Waals surface area contributed by atoms with Crippen LogP contribution in [0, 0.1) is 0 Å². The number of rotatable bonds is 4. The van der Waals surface area contributed by atoms with Crippen LogP contribution in [0.4, 0.5) is 4.79 Å². The minimum absolute atomic E-state index is 0.393. The molecule has 0 saturated heterocycles. The first-order chi connectivity index (χ1) is 4.81. The molecule has 0 rings (SSSR count). The van der Waals surface area contributed by atoms with Crippen LogP contribution < -0.4 is 5.73 Å². The average Bonchev–Trinajstić information content (AvgIpc) is 1.98. The summed E-state index contributed by atoms with van der Waals surface area (Å²) in [6.07, 6.45) is 1.04. The Balaban J connectivity index is 2.96. The van der Waals surface area contributed by atoms with Gasteiger partial charge in [0.1, 0.15) is 0 Å². The zero-order chi connectivity index (χ0) is 7.82. The fourth-order valence-electron chi connectivity index (χ4n) is 0.461. The lowest BCUT2D eigenvalue weighted by Gasteiger charge is -2.00. The van der Waals surface area contributed by atoms with Crippen molar-refractivity contribution in [3.05, 3.63) is 0 Å². The lowest BCUT2D eigenvalue weighted by atomic mass is 10.3. The van der Waals surface area contributed by atoms with Crippen LogP contribution in [0.3, 0.4) is 0 Å². The van der Waals surface area contributed by atoms with Gasteiger partial charge in [-0.3, -0.25) is 0 Å². The van der Waals surface area contributed by atoms with E-state index in [9.17, 15) is 4.79 Å². The third-order valence-electron chi connectivity index (χ3n) is 0.985. The fourth-order valence-corrected chi connectivity index (χ4v) is 0.461. The highest BCUT2D eigenvalue weighted by molar-refractivity contribution is 5.59. The highest BCUT2D eigenvalue weighted by Gasteiger charge is 1.97. The van der Waals surface area contributed by atoms with Crippen LogP contribution >= 0.6 is 0 Å². The summed E-state index contributed by atoms with van der Waals surface area (Å²) in [7, 11) is 1.28. The van der Waals surface area contributed by atoms with E-state index in [0.717, 1.165) is 12.8 Å². The van der Waals surface area contributed by atoms with Crippen molar-refractivity contribution in [2.75, 3.05) is 20.3 Å². The Morgan fingerprint density at radius 2 is 2.20 bits per heavy atom. The minimum Gasteiger partial charge on any atom is -0.438 e. The lowest BCUT2D eigenvalue weighted by Crippen LogP contribution is -2.07. The van der Waals surface area contributed by atoms with Crippen LogP contribution in [-0.2, 0) is 9.47 Å². The van der Waals surface area contributed by atoms with Crippen LogP contribution in [0.2, 0.25) is 0 Å². The summed E-state index contributed by atoms with van der Waals surface area (Å²) in [5.41, 5.74) is 5.21. The van der Waals surface area contributed by atoms with Crippen LogP contribution in [-0.4, -0.2) is 26.4 Å². The van der Waals surface area contributed by atoms with Gasteiger partial charge < -0.3 is 15.2 Å². The van der Waals surface area contributed by atoms with Crippen molar-refractivity contribution in [3.8, 4) is 0 Å². The maximum Gasteiger partial charge on any atom is 0.507 e. The lowest BCUT2D eigenvalue weighted by molar-refractivity contribution is 0.0716. The quantitative estimate of drug-likeness (QED) is 0.465. The Morgan fingerprint density at radius 1 is 1.50 bits per heavy atom. The molecule has 0 aromatic carbocycles. The van der Waals surface area contributed by atoms with Gasteiger partial charge in [0, 0.05) is 0 Å². The summed E-state index contributed by atoms with van der Waals surface area (Å²) in [6, 6.07) is 0. The number of unbranched alkanes of at least 4 members (excludes halogenated alkanes) is 1. The van der Waals surface area contributed by atoms with E-state index in [1.165, 1.54) is 7.11 Å². The first-order valence-electron chi connectivity index (χ1n) is 3.22. The molecule has 0 aromatic heterocycles. The normalized spacial score (nSPS) is 9.00. The Kier molecular flexibility index (Phi) is 5.86. The van der Waals surface area contributed by atoms with E-state index in [2.05, 4.69) is 9.47 Å². The topological polar surface area (TPSA) is 61.5 Å². The summed E-state index contributed by atoms with van der Waals surface area (Å²) in [5, 5.41) is 0. The molecule has 60 valence electrons. The molecule has 0 heterocycles. The molecule has 0 radical (unpaired) electrons. The van der Waals surface area contributed by atoms with Crippen molar-refractivity contribution in [3.63, 3.8) is 0 Å². The summed E-state index contributed by atoms with van der Waals surface area (Å²) < 4.78 is 8.81. The molecule has 0 spiro atoms. The number of hydrogen-bond donors (Lipinski definition) is 1. The molecule has 0 saturated carbocycles. The van der Waals surface area contributed by atoms with Gasteiger partial charge in [0.25, 0.3) is 0 Å². The monoisotopic (exact) mass is 147 g/mol. The largest absolute Gasteiger partial charge is 0.507 e. The van der Waals surface area contributed by atoms with Crippen molar-refractivity contribution in [2.24, 2.45) is 5.73 Å². The smallest absolute Gasteiger partial charge is 0.438 e. The molecule has 0 unspecified atom stereocenters. The van der Waals surface area contributed by atoms with Gasteiger partial charge in [0.2, 0.25) is 0 Å². The molecule has 10 heavy (non-hydrogen) atoms. The number of hydrogen-bond acceptors (Lipinski definition) is 4. The van der Waals surface area contributed by atoms with Gasteiger partial charge >= 0.3 is 6.16 Å². The van der Waals surface area contributed by atoms with Gasteiger partial charge in [-0.05, 0) is 19.4 Å². The second-order valence-electron chi connectivity index (χ2n) is 1.80. The van der Waals surface area contributed by atoms with E-state index in [4.69, 9.17) is 5.73 Å². The zero-order valence-electron chi connectivity index (χ0n) is 6.13. The van der Waals surface area contributed by atoms with Crippen LogP contribution in [0.1, 0.15) is 12.8 Å². The highest BCUT2D eigenvalue weighted by atomic mass is 16.7. The van der Waals surface area contributed by atoms with Crippen molar-refractivity contribution >= 4 is 6.16 Å². The SMILES string of the molecule is COC(=O)OCCCCN. The molecular weight excluding hydrogens is 134 g/mol. The molecule has 0 aliphatic carbocycles. The zero-order valence-corrected chi connectivity index (χ0v) is 6.13. The molecule has 0 bridgehead atoms. The predicted molar refractivity (Wildman–Crippen MR) is 36.6 cm³/mol. The predicted octanol–water partition coefficient (Wildman–Crippen LogP) is 0.508. The number of ether oxygens (including phenoxy) is 2. The second-order valence-corrected chi connectivity index (χ2v) is 1.80. The number of carbonyl (C=O) groups is 1. The second kappa shape index (κ2) is 6.35. The minimum atomic E-state index is -0.628. The number of carbonyl (C=O) groups excluding carboxylic acids is 1. The molecule has 4 nitrogen and oxygen atoms in total. The highest BCUT2D eigenvalue weighted by Crippen LogP contribution is 1.89. The van der Waals surface area contributed by atoms with Crippen molar-refractivity contribution < 1.29 is 14.3 Å². The first kappa shape index (κ1) is 9.23. The van der Waals surface area contributed by atoms with E-state index in [1.54, 1.807) is 0 Å². The van der Waals surface area contributed by atoms with Crippen LogP contribution in [0.15, 0.2) is 0 Å². The fraction of sp³-hybridized carbons (Fsp3) is 0.833. The summed E-state index contributed by atoms with van der Waals surface area (Å²) in [4.78, 5) is 10.3. The third-order valence-corrected chi connectivity index (χ3v) is 0.985. The Labute approximate surface area is 60.3 Å². The molecule has 0 atom stereocenters. The van der Waals surface area contributed by atoms with Crippen molar-refractivity contribution in [2.45, 2.75) is 12.8 Å². The summed E-state index contributed by atoms with van der Waals surface area (Å²) in [6.45, 7) is 1.02. The van der Waals surface area contributed by atoms with E-state index >= 15 is 0 Å². The Bertz CT molecular complexity index is 95.0. The van der Waals surface area contributed by atoms with Crippen molar-refractivity contribution in [1.82, 2.24) is 0 Å². The van der Waals surface area contributed by atoms with E-state index in [-0.39, 0.29) is 0 Å². The van der Waals surface area contributed by atoms with Gasteiger partial charge in [-0.25, -0.2) is 4.79 Å². The molecule has 4 heteroatoms. The first-order valence-corrected chi connectivity index (χ1v) is 3.22. The molecule has 0 aliphatic heterocycles. The molecular formula is C6H13NO3. The standard InChI is InChI=1S/C6H13NO3/c1-9-6(8)10-5-3-2-4-7/h2-5,7H2,1H3. The summed E-state index contributed by atoms with van der Waals surface area (Å²) in [5.74, 6) is 0. The van der Waals surface area contributed by atoms with Crippen LogP contribution in [0.5, 0.6) is 0 Å². The molecule has 0 aliphatic rings. The molecule has 0 aromatic rings. The van der Waals surface area contributed by atoms with Gasteiger partial charge in [-0.2, -0.15) is 0 Å². The molecule has 2 N–H and O–H groups in total. The van der Waals surface area contributed by atoms with Gasteiger partial charge in [0.05, 0.1) is 13.7 Å². The molecule has 0 fully saturated rings. The van der Waals surface area contributed by atoms with E-state index < -0.39 is 6.16 Å². The van der Waals surface area contributed by atoms with E-state index in [1.807, 2.05) is 0 Å². The maximum atomic E-state index is 10.3. The Hall–Kier alpha value is -0.770. The van der Waals surface area contributed by atoms with Crippen molar-refractivity contribution in [1.29, 1.82) is 0 Å². The Morgan fingerprint density at radius 3 is 2.70 bits per heavy atom. The average molecular weight is 147 g/mol. The van der Waals surface area contributed by atoms with E-state index in [0.29, 0.717) is 13.2 Å². The maximum absolute atomic E-state index is 10.3. The number of nitrogens with two attached hydrogens (primary N) is 1. The van der Waals surface area contributed by atoms with Gasteiger partial charge in [-0.1, -0.05) is 0 Å². The summed E-state index contributed by atoms with van der Waals surface area (Å²) >= 11 is 0. The number of methoxy groups -OCH3 is 1. The third kappa shape index (κ3) is 5.37.